The molecular formula is C25H32F2N4O4. The number of hydrogen-bond acceptors (Lipinski definition) is 6. The molecule has 2 amide bonds. The van der Waals surface area contributed by atoms with E-state index in [0.717, 1.165) is 44.4 Å². The molecule has 2 fully saturated rings. The van der Waals surface area contributed by atoms with Gasteiger partial charge in [0.15, 0.2) is 11.5 Å². The monoisotopic (exact) mass is 490 g/mol. The molecule has 0 radical (unpaired) electrons. The number of benzene rings is 1. The molecule has 2 aliphatic rings. The standard InChI is InChI=1S/C25H32F2N4O4/c1-30(2)25(33)19-14-31(16-5-4-6-17(12-16)34-3)10-9-21(19)28-24(32)22-13-23(35-29-22)18-8-7-15(26)11-20(18)27/h7-8,11,13,16-17,19,21H,4-6,9-10,12,14H2,1-3H3,(H,28,32)/t16-,17-,19-,21-/m1/s1. The minimum absolute atomic E-state index is 0.00812. The number of ether oxygens (including phenoxy) is 1. The molecule has 2 aromatic rings. The van der Waals surface area contributed by atoms with E-state index in [2.05, 4.69) is 15.4 Å². The molecule has 4 atom stereocenters. The number of carbonyl (C=O) groups is 2. The first-order chi connectivity index (χ1) is 16.8. The number of nitrogens with zero attached hydrogens (tertiary/aromatic N) is 3. The van der Waals surface area contributed by atoms with E-state index in [1.54, 1.807) is 26.1 Å². The molecule has 1 saturated carbocycles. The lowest BCUT2D eigenvalue weighted by atomic mass is 9.86. The lowest BCUT2D eigenvalue weighted by molar-refractivity contribution is -0.136. The van der Waals surface area contributed by atoms with E-state index < -0.39 is 23.5 Å². The first-order valence-corrected chi connectivity index (χ1v) is 12.0. The third kappa shape index (κ3) is 5.70. The number of methoxy groups -OCH3 is 1. The predicted molar refractivity (Wildman–Crippen MR) is 125 cm³/mol. The normalized spacial score (nSPS) is 25.3. The van der Waals surface area contributed by atoms with Gasteiger partial charge >= 0.3 is 0 Å². The van der Waals surface area contributed by atoms with Crippen LogP contribution in [-0.4, -0.2) is 79.3 Å². The lowest BCUT2D eigenvalue weighted by Gasteiger charge is -2.44. The summed E-state index contributed by atoms with van der Waals surface area (Å²) in [5.74, 6) is -2.46. The quantitative estimate of drug-likeness (QED) is 0.670. The van der Waals surface area contributed by atoms with Crippen molar-refractivity contribution >= 4 is 11.8 Å². The van der Waals surface area contributed by atoms with Gasteiger partial charge < -0.3 is 19.5 Å². The van der Waals surface area contributed by atoms with E-state index in [-0.39, 0.29) is 35.1 Å². The Labute approximate surface area is 203 Å². The maximum atomic E-state index is 14.1. The summed E-state index contributed by atoms with van der Waals surface area (Å²) in [5, 5.41) is 6.70. The van der Waals surface area contributed by atoms with Gasteiger partial charge in [-0.05, 0) is 44.2 Å². The van der Waals surface area contributed by atoms with Gasteiger partial charge in [-0.1, -0.05) is 5.16 Å². The molecule has 10 heteroatoms. The molecule has 1 aliphatic heterocycles. The molecule has 1 aliphatic carbocycles. The number of carbonyl (C=O) groups excluding carboxylic acids is 2. The van der Waals surface area contributed by atoms with Crippen molar-refractivity contribution in [3.8, 4) is 11.3 Å². The molecule has 190 valence electrons. The van der Waals surface area contributed by atoms with Crippen LogP contribution >= 0.6 is 0 Å². The molecule has 0 bridgehead atoms. The summed E-state index contributed by atoms with van der Waals surface area (Å²) in [6.45, 7) is 1.31. The van der Waals surface area contributed by atoms with E-state index in [1.807, 2.05) is 0 Å². The Bertz CT molecular complexity index is 1060. The second-order valence-corrected chi connectivity index (χ2v) is 9.58. The maximum Gasteiger partial charge on any atom is 0.273 e. The van der Waals surface area contributed by atoms with Crippen molar-refractivity contribution in [2.24, 2.45) is 5.92 Å². The molecule has 1 aromatic carbocycles. The highest BCUT2D eigenvalue weighted by molar-refractivity contribution is 5.94. The van der Waals surface area contributed by atoms with E-state index in [0.29, 0.717) is 19.0 Å². The van der Waals surface area contributed by atoms with Crippen LogP contribution in [0.5, 0.6) is 0 Å². The minimum Gasteiger partial charge on any atom is -0.381 e. The largest absolute Gasteiger partial charge is 0.381 e. The first kappa shape index (κ1) is 25.2. The Morgan fingerprint density at radius 3 is 2.71 bits per heavy atom. The Hall–Kier alpha value is -2.85. The SMILES string of the molecule is CO[C@@H]1CCC[C@@H](N2CC[C@@H](NC(=O)c3cc(-c4ccc(F)cc4F)on3)[C@H](C(=O)N(C)C)C2)C1. The minimum atomic E-state index is -0.810. The molecule has 4 rings (SSSR count). The zero-order chi connectivity index (χ0) is 25.1. The first-order valence-electron chi connectivity index (χ1n) is 12.0. The van der Waals surface area contributed by atoms with Gasteiger partial charge in [0.2, 0.25) is 5.91 Å². The number of hydrogen-bond donors (Lipinski definition) is 1. The number of amides is 2. The summed E-state index contributed by atoms with van der Waals surface area (Å²) in [7, 11) is 5.17. The average Bonchev–Trinajstić information content (AvgIpc) is 3.34. The summed E-state index contributed by atoms with van der Waals surface area (Å²) in [5.41, 5.74) is -0.0220. The second-order valence-electron chi connectivity index (χ2n) is 9.58. The second kappa shape index (κ2) is 10.8. The number of nitrogens with one attached hydrogen (secondary N) is 1. The van der Waals surface area contributed by atoms with Crippen LogP contribution in [-0.2, 0) is 9.53 Å². The number of likely N-dealkylation sites (tertiary alicyclic amines) is 1. The van der Waals surface area contributed by atoms with Crippen LogP contribution in [0.1, 0.15) is 42.6 Å². The van der Waals surface area contributed by atoms with Crippen LogP contribution in [0.2, 0.25) is 0 Å². The van der Waals surface area contributed by atoms with Crippen LogP contribution < -0.4 is 5.32 Å². The third-order valence-electron chi connectivity index (χ3n) is 7.11. The van der Waals surface area contributed by atoms with E-state index in [9.17, 15) is 18.4 Å². The molecule has 1 saturated heterocycles. The van der Waals surface area contributed by atoms with Crippen LogP contribution in [0.15, 0.2) is 28.8 Å². The van der Waals surface area contributed by atoms with Gasteiger partial charge in [0.05, 0.1) is 17.6 Å². The van der Waals surface area contributed by atoms with Gasteiger partial charge in [-0.3, -0.25) is 14.5 Å². The van der Waals surface area contributed by atoms with Gasteiger partial charge in [0, 0.05) is 58.5 Å². The Balaban J connectivity index is 1.46. The number of halogens is 2. The summed E-state index contributed by atoms with van der Waals surface area (Å²) in [4.78, 5) is 29.9. The average molecular weight is 491 g/mol. The van der Waals surface area contributed by atoms with Crippen molar-refractivity contribution in [3.05, 3.63) is 41.6 Å². The molecule has 0 unspecified atom stereocenters. The molecular weight excluding hydrogens is 458 g/mol. The zero-order valence-electron chi connectivity index (χ0n) is 20.3. The smallest absolute Gasteiger partial charge is 0.273 e. The lowest BCUT2D eigenvalue weighted by Crippen LogP contribution is -2.58. The number of aromatic nitrogens is 1. The van der Waals surface area contributed by atoms with Gasteiger partial charge in [-0.25, -0.2) is 8.78 Å². The fourth-order valence-electron chi connectivity index (χ4n) is 5.17. The van der Waals surface area contributed by atoms with E-state index in [1.165, 1.54) is 12.1 Å². The van der Waals surface area contributed by atoms with Gasteiger partial charge in [0.1, 0.15) is 11.6 Å². The Morgan fingerprint density at radius 2 is 2.00 bits per heavy atom. The van der Waals surface area contributed by atoms with Crippen molar-refractivity contribution in [1.29, 1.82) is 0 Å². The highest BCUT2D eigenvalue weighted by Gasteiger charge is 2.39. The van der Waals surface area contributed by atoms with E-state index >= 15 is 0 Å². The summed E-state index contributed by atoms with van der Waals surface area (Å²) >= 11 is 0. The Morgan fingerprint density at radius 1 is 1.20 bits per heavy atom. The molecule has 0 spiro atoms. The maximum absolute atomic E-state index is 14.1. The van der Waals surface area contributed by atoms with Crippen LogP contribution in [0.25, 0.3) is 11.3 Å². The van der Waals surface area contributed by atoms with Gasteiger partial charge in [-0.2, -0.15) is 0 Å². The highest BCUT2D eigenvalue weighted by atomic mass is 19.1. The van der Waals surface area contributed by atoms with E-state index in [4.69, 9.17) is 9.26 Å². The van der Waals surface area contributed by atoms with Crippen molar-refractivity contribution in [2.75, 3.05) is 34.3 Å². The molecule has 35 heavy (non-hydrogen) atoms. The van der Waals surface area contributed by atoms with Crippen molar-refractivity contribution in [3.63, 3.8) is 0 Å². The predicted octanol–water partition coefficient (Wildman–Crippen LogP) is 3.09. The van der Waals surface area contributed by atoms with Gasteiger partial charge in [-0.15, -0.1) is 0 Å². The summed E-state index contributed by atoms with van der Waals surface area (Å²) in [6, 6.07) is 4.37. The van der Waals surface area contributed by atoms with Crippen LogP contribution in [0.4, 0.5) is 8.78 Å². The zero-order valence-corrected chi connectivity index (χ0v) is 20.3. The fraction of sp³-hybridized carbons (Fsp3) is 0.560. The summed E-state index contributed by atoms with van der Waals surface area (Å²) < 4.78 is 38.0. The van der Waals surface area contributed by atoms with Gasteiger partial charge in [0.25, 0.3) is 5.91 Å². The number of rotatable bonds is 6. The Kier molecular flexibility index (Phi) is 7.81. The molecule has 1 aromatic heterocycles. The van der Waals surface area contributed by atoms with Crippen molar-refractivity contribution < 1.29 is 27.6 Å². The third-order valence-corrected chi connectivity index (χ3v) is 7.11. The van der Waals surface area contributed by atoms with Crippen LogP contribution in [0.3, 0.4) is 0 Å². The highest BCUT2D eigenvalue weighted by Crippen LogP contribution is 2.30. The molecule has 8 nitrogen and oxygen atoms in total. The van der Waals surface area contributed by atoms with Crippen molar-refractivity contribution in [1.82, 2.24) is 20.3 Å². The molecule has 1 N–H and O–H groups in total. The van der Waals surface area contributed by atoms with Crippen LogP contribution in [0, 0.1) is 17.6 Å². The molecule has 2 heterocycles. The topological polar surface area (TPSA) is 87.9 Å². The number of piperidine rings is 1. The summed E-state index contributed by atoms with van der Waals surface area (Å²) in [6.07, 6.45) is 5.01. The van der Waals surface area contributed by atoms with Crippen molar-refractivity contribution in [2.45, 2.75) is 50.3 Å². The fourth-order valence-corrected chi connectivity index (χ4v) is 5.17.